The van der Waals surface area contributed by atoms with Gasteiger partial charge in [0.25, 0.3) is 0 Å². The molecule has 0 saturated heterocycles. The summed E-state index contributed by atoms with van der Waals surface area (Å²) in [6, 6.07) is 9.87. The number of furan rings is 1. The topological polar surface area (TPSA) is 48.4 Å². The van der Waals surface area contributed by atoms with Gasteiger partial charge in [-0.05, 0) is 49.1 Å². The van der Waals surface area contributed by atoms with Crippen molar-refractivity contribution in [2.24, 2.45) is 5.73 Å². The maximum atomic E-state index is 6.10. The first kappa shape index (κ1) is 14.7. The van der Waals surface area contributed by atoms with Crippen LogP contribution in [0.15, 0.2) is 34.7 Å². The molecule has 0 aliphatic heterocycles. The van der Waals surface area contributed by atoms with Gasteiger partial charge in [-0.2, -0.15) is 0 Å². The summed E-state index contributed by atoms with van der Waals surface area (Å²) in [7, 11) is 0. The highest BCUT2D eigenvalue weighted by Gasteiger charge is 2.13. The number of benzene rings is 1. The number of hydrogen-bond donors (Lipinski definition) is 1. The normalized spacial score (nSPS) is 12.7. The van der Waals surface area contributed by atoms with E-state index in [-0.39, 0.29) is 6.04 Å². The Labute approximate surface area is 120 Å². The lowest BCUT2D eigenvalue weighted by molar-refractivity contribution is 0.268. The molecule has 1 unspecified atom stereocenters. The SMILES string of the molecule is Cc1ccc(C(C)C)c(OCC(N)c2ccc(C)o2)c1. The molecule has 0 radical (unpaired) electrons. The van der Waals surface area contributed by atoms with Crippen molar-refractivity contribution >= 4 is 0 Å². The van der Waals surface area contributed by atoms with E-state index in [1.54, 1.807) is 0 Å². The van der Waals surface area contributed by atoms with E-state index in [1.807, 2.05) is 19.1 Å². The van der Waals surface area contributed by atoms with Crippen LogP contribution in [-0.2, 0) is 0 Å². The number of aryl methyl sites for hydroxylation is 2. The van der Waals surface area contributed by atoms with Gasteiger partial charge in [-0.1, -0.05) is 26.0 Å². The lowest BCUT2D eigenvalue weighted by Gasteiger charge is -2.17. The van der Waals surface area contributed by atoms with Crippen molar-refractivity contribution in [2.45, 2.75) is 39.7 Å². The molecule has 0 amide bonds. The van der Waals surface area contributed by atoms with E-state index >= 15 is 0 Å². The number of nitrogens with two attached hydrogens (primary N) is 1. The first-order valence-corrected chi connectivity index (χ1v) is 7.02. The van der Waals surface area contributed by atoms with E-state index in [9.17, 15) is 0 Å². The first-order chi connectivity index (χ1) is 9.47. The van der Waals surface area contributed by atoms with Crippen LogP contribution in [0, 0.1) is 13.8 Å². The van der Waals surface area contributed by atoms with Gasteiger partial charge in [0.1, 0.15) is 23.9 Å². The second kappa shape index (κ2) is 6.14. The van der Waals surface area contributed by atoms with E-state index < -0.39 is 0 Å². The van der Waals surface area contributed by atoms with E-state index in [0.29, 0.717) is 12.5 Å². The van der Waals surface area contributed by atoms with E-state index in [0.717, 1.165) is 17.3 Å². The lowest BCUT2D eigenvalue weighted by Crippen LogP contribution is -2.19. The molecule has 3 heteroatoms. The Morgan fingerprint density at radius 3 is 2.50 bits per heavy atom. The zero-order chi connectivity index (χ0) is 14.7. The summed E-state index contributed by atoms with van der Waals surface area (Å²) in [5.74, 6) is 2.97. The van der Waals surface area contributed by atoms with Crippen LogP contribution in [-0.4, -0.2) is 6.61 Å². The standard InChI is InChI=1S/C17H23NO2/c1-11(2)14-7-5-12(3)9-17(14)19-10-15(18)16-8-6-13(4)20-16/h5-9,11,15H,10,18H2,1-4H3. The highest BCUT2D eigenvalue weighted by molar-refractivity contribution is 5.39. The van der Waals surface area contributed by atoms with E-state index in [4.69, 9.17) is 14.9 Å². The molecule has 0 aliphatic carbocycles. The summed E-state index contributed by atoms with van der Waals surface area (Å²) in [6.07, 6.45) is 0. The molecule has 2 rings (SSSR count). The Balaban J connectivity index is 2.08. The minimum atomic E-state index is -0.246. The van der Waals surface area contributed by atoms with E-state index in [2.05, 4.69) is 39.0 Å². The van der Waals surface area contributed by atoms with Gasteiger partial charge < -0.3 is 14.9 Å². The molecule has 2 N–H and O–H groups in total. The molecule has 2 aromatic rings. The van der Waals surface area contributed by atoms with Crippen molar-refractivity contribution in [3.05, 3.63) is 53.0 Å². The zero-order valence-corrected chi connectivity index (χ0v) is 12.6. The quantitative estimate of drug-likeness (QED) is 0.892. The van der Waals surface area contributed by atoms with Gasteiger partial charge in [0, 0.05) is 0 Å². The molecule has 0 spiro atoms. The Hall–Kier alpha value is -1.74. The Bertz CT molecular complexity index is 572. The Kier molecular flexibility index (Phi) is 4.50. The second-order valence-corrected chi connectivity index (χ2v) is 5.56. The maximum absolute atomic E-state index is 6.10. The summed E-state index contributed by atoms with van der Waals surface area (Å²) >= 11 is 0. The van der Waals surface area contributed by atoms with E-state index in [1.165, 1.54) is 11.1 Å². The van der Waals surface area contributed by atoms with Crippen LogP contribution in [0.5, 0.6) is 5.75 Å². The average Bonchev–Trinajstić information content (AvgIpc) is 2.82. The fourth-order valence-electron chi connectivity index (χ4n) is 2.16. The van der Waals surface area contributed by atoms with Gasteiger partial charge >= 0.3 is 0 Å². The molecule has 20 heavy (non-hydrogen) atoms. The first-order valence-electron chi connectivity index (χ1n) is 7.02. The van der Waals surface area contributed by atoms with Crippen LogP contribution < -0.4 is 10.5 Å². The highest BCUT2D eigenvalue weighted by atomic mass is 16.5. The van der Waals surface area contributed by atoms with Crippen LogP contribution in [0.1, 0.15) is 48.5 Å². The smallest absolute Gasteiger partial charge is 0.124 e. The molecular weight excluding hydrogens is 250 g/mol. The Morgan fingerprint density at radius 1 is 1.15 bits per heavy atom. The van der Waals surface area contributed by atoms with Crippen LogP contribution in [0.25, 0.3) is 0 Å². The number of ether oxygens (including phenoxy) is 1. The molecule has 3 nitrogen and oxygen atoms in total. The van der Waals surface area contributed by atoms with Crippen molar-refractivity contribution in [2.75, 3.05) is 6.61 Å². The molecule has 1 heterocycles. The van der Waals surface area contributed by atoms with Gasteiger partial charge in [-0.3, -0.25) is 0 Å². The third-order valence-electron chi connectivity index (χ3n) is 3.34. The van der Waals surface area contributed by atoms with Gasteiger partial charge in [-0.25, -0.2) is 0 Å². The Morgan fingerprint density at radius 2 is 1.90 bits per heavy atom. The third-order valence-corrected chi connectivity index (χ3v) is 3.34. The van der Waals surface area contributed by atoms with Gasteiger partial charge in [0.2, 0.25) is 0 Å². The largest absolute Gasteiger partial charge is 0.491 e. The molecule has 0 fully saturated rings. The van der Waals surface area contributed by atoms with Crippen molar-refractivity contribution in [3.63, 3.8) is 0 Å². The van der Waals surface area contributed by atoms with Crippen molar-refractivity contribution < 1.29 is 9.15 Å². The molecule has 1 aromatic carbocycles. The maximum Gasteiger partial charge on any atom is 0.124 e. The van der Waals surface area contributed by atoms with Crippen LogP contribution in [0.3, 0.4) is 0 Å². The van der Waals surface area contributed by atoms with Crippen LogP contribution in [0.2, 0.25) is 0 Å². The molecule has 1 aromatic heterocycles. The highest BCUT2D eigenvalue weighted by Crippen LogP contribution is 2.28. The van der Waals surface area contributed by atoms with Crippen molar-refractivity contribution in [1.82, 2.24) is 0 Å². The summed E-state index contributed by atoms with van der Waals surface area (Å²) in [6.45, 7) is 8.71. The summed E-state index contributed by atoms with van der Waals surface area (Å²) < 4.78 is 11.4. The van der Waals surface area contributed by atoms with Gasteiger partial charge in [0.15, 0.2) is 0 Å². The summed E-state index contributed by atoms with van der Waals surface area (Å²) in [4.78, 5) is 0. The summed E-state index contributed by atoms with van der Waals surface area (Å²) in [5, 5.41) is 0. The summed E-state index contributed by atoms with van der Waals surface area (Å²) in [5.41, 5.74) is 8.50. The van der Waals surface area contributed by atoms with Crippen LogP contribution >= 0.6 is 0 Å². The predicted octanol–water partition coefficient (Wildman–Crippen LogP) is 4.10. The molecule has 0 saturated carbocycles. The minimum absolute atomic E-state index is 0.246. The monoisotopic (exact) mass is 273 g/mol. The molecule has 0 bridgehead atoms. The lowest BCUT2D eigenvalue weighted by atomic mass is 10.0. The predicted molar refractivity (Wildman–Crippen MR) is 81.1 cm³/mol. The third kappa shape index (κ3) is 3.42. The van der Waals surface area contributed by atoms with Gasteiger partial charge in [-0.15, -0.1) is 0 Å². The van der Waals surface area contributed by atoms with Gasteiger partial charge in [0.05, 0.1) is 6.04 Å². The van der Waals surface area contributed by atoms with Crippen molar-refractivity contribution in [1.29, 1.82) is 0 Å². The molecule has 108 valence electrons. The zero-order valence-electron chi connectivity index (χ0n) is 12.6. The average molecular weight is 273 g/mol. The minimum Gasteiger partial charge on any atom is -0.491 e. The second-order valence-electron chi connectivity index (χ2n) is 5.56. The fourth-order valence-corrected chi connectivity index (χ4v) is 2.16. The molecule has 0 aliphatic rings. The fraction of sp³-hybridized carbons (Fsp3) is 0.412. The number of hydrogen-bond acceptors (Lipinski definition) is 3. The number of rotatable bonds is 5. The molecular formula is C17H23NO2. The van der Waals surface area contributed by atoms with Crippen molar-refractivity contribution in [3.8, 4) is 5.75 Å². The van der Waals surface area contributed by atoms with Crippen LogP contribution in [0.4, 0.5) is 0 Å². The molecule has 1 atom stereocenters.